The van der Waals surface area contributed by atoms with Crippen molar-refractivity contribution in [2.75, 3.05) is 0 Å². The Hall–Kier alpha value is -7.26. The molecule has 7 aromatic carbocycles. The molecule has 6 nitrogen and oxygen atoms in total. The van der Waals surface area contributed by atoms with Crippen LogP contribution in [0.2, 0.25) is 0 Å². The van der Waals surface area contributed by atoms with Crippen LogP contribution >= 0.6 is 0 Å². The van der Waals surface area contributed by atoms with Gasteiger partial charge in [-0.2, -0.15) is 13.2 Å². The maximum Gasteiger partial charge on any atom is 0.418 e. The van der Waals surface area contributed by atoms with E-state index in [2.05, 4.69) is 0 Å². The lowest BCUT2D eigenvalue weighted by Crippen LogP contribution is -2.12. The van der Waals surface area contributed by atoms with Crippen LogP contribution in [-0.2, 0) is 6.18 Å². The second kappa shape index (κ2) is 11.6. The number of hydrogen-bond acceptors (Lipinski definition) is 5. The molecule has 0 radical (unpaired) electrons. The number of rotatable bonds is 4. The van der Waals surface area contributed by atoms with Gasteiger partial charge in [0.1, 0.15) is 22.3 Å². The third-order valence-electron chi connectivity index (χ3n) is 10.3. The van der Waals surface area contributed by atoms with E-state index in [0.29, 0.717) is 55.9 Å². The quantitative estimate of drug-likeness (QED) is 0.181. The van der Waals surface area contributed by atoms with Crippen LogP contribution in [0.1, 0.15) is 5.56 Å². The van der Waals surface area contributed by atoms with E-state index < -0.39 is 11.7 Å². The van der Waals surface area contributed by atoms with Crippen molar-refractivity contribution < 1.29 is 22.0 Å². The maximum absolute atomic E-state index is 15.9. The van der Waals surface area contributed by atoms with Crippen molar-refractivity contribution in [3.8, 4) is 39.9 Å². The zero-order chi connectivity index (χ0) is 36.8. The van der Waals surface area contributed by atoms with Crippen LogP contribution in [0.3, 0.4) is 0 Å². The molecular formula is C46H25F3N4O2. The minimum absolute atomic E-state index is 0.0556. The number of hydrogen-bond donors (Lipinski definition) is 0. The molecule has 0 N–H and O–H groups in total. The third kappa shape index (κ3) is 4.79. The van der Waals surface area contributed by atoms with Gasteiger partial charge >= 0.3 is 6.18 Å². The molecule has 9 heteroatoms. The number of fused-ring (bicyclic) bond motifs is 9. The summed E-state index contributed by atoms with van der Waals surface area (Å²) in [6, 6.07) is 46.0. The minimum Gasteiger partial charge on any atom is -0.456 e. The van der Waals surface area contributed by atoms with E-state index in [1.54, 1.807) is 28.8 Å². The average molecular weight is 723 g/mol. The summed E-state index contributed by atoms with van der Waals surface area (Å²) in [5.74, 6) is 0.701. The molecule has 0 aliphatic heterocycles. The van der Waals surface area contributed by atoms with E-state index in [1.165, 1.54) is 0 Å². The van der Waals surface area contributed by atoms with Gasteiger partial charge in [0.2, 0.25) is 0 Å². The average Bonchev–Trinajstić information content (AvgIpc) is 3.89. The van der Waals surface area contributed by atoms with E-state index in [4.69, 9.17) is 23.8 Å². The number of halogens is 3. The van der Waals surface area contributed by atoms with Gasteiger partial charge in [-0.05, 0) is 30.3 Å². The number of furan rings is 2. The Bertz CT molecular complexity index is 3250. The molecule has 0 saturated heterocycles. The molecule has 4 aromatic heterocycles. The second-order valence-electron chi connectivity index (χ2n) is 13.5. The lowest BCUT2D eigenvalue weighted by molar-refractivity contribution is -0.137. The summed E-state index contributed by atoms with van der Waals surface area (Å²) in [4.78, 5) is 14.4. The highest BCUT2D eigenvalue weighted by Crippen LogP contribution is 2.48. The molecule has 0 spiro atoms. The third-order valence-corrected chi connectivity index (χ3v) is 10.3. The summed E-state index contributed by atoms with van der Waals surface area (Å²) in [6.07, 6.45) is -4.81. The summed E-state index contributed by atoms with van der Waals surface area (Å²) >= 11 is 0. The maximum atomic E-state index is 15.9. The van der Waals surface area contributed by atoms with Crippen LogP contribution in [0.25, 0.3) is 106 Å². The van der Waals surface area contributed by atoms with Gasteiger partial charge in [0.25, 0.3) is 0 Å². The Kier molecular flexibility index (Phi) is 6.61. The van der Waals surface area contributed by atoms with Crippen LogP contribution in [0, 0.1) is 0 Å². The van der Waals surface area contributed by atoms with Crippen molar-refractivity contribution in [3.63, 3.8) is 0 Å². The number of alkyl halides is 3. The van der Waals surface area contributed by atoms with E-state index in [9.17, 15) is 0 Å². The highest BCUT2D eigenvalue weighted by atomic mass is 19.4. The molecular weight excluding hydrogens is 698 g/mol. The first kappa shape index (κ1) is 31.3. The molecule has 0 unspecified atom stereocenters. The summed E-state index contributed by atoms with van der Waals surface area (Å²) in [5.41, 5.74) is 3.67. The molecule has 0 atom stereocenters. The first-order valence-electron chi connectivity index (χ1n) is 17.7. The molecule has 55 heavy (non-hydrogen) atoms. The summed E-state index contributed by atoms with van der Waals surface area (Å²) in [5, 5.41) is 4.23. The Labute approximate surface area is 309 Å². The minimum atomic E-state index is -4.81. The fourth-order valence-corrected chi connectivity index (χ4v) is 7.86. The molecule has 0 fully saturated rings. The molecule has 0 aliphatic rings. The van der Waals surface area contributed by atoms with E-state index >= 15 is 13.2 Å². The molecule has 0 amide bonds. The number of benzene rings is 7. The van der Waals surface area contributed by atoms with Gasteiger partial charge in [0, 0.05) is 44.1 Å². The van der Waals surface area contributed by atoms with Gasteiger partial charge in [0.05, 0.1) is 33.2 Å². The summed E-state index contributed by atoms with van der Waals surface area (Å²) in [7, 11) is 0. The Balaban J connectivity index is 1.29. The van der Waals surface area contributed by atoms with E-state index in [-0.39, 0.29) is 28.0 Å². The fourth-order valence-electron chi connectivity index (χ4n) is 7.86. The van der Waals surface area contributed by atoms with E-state index in [0.717, 1.165) is 27.6 Å². The second-order valence-corrected chi connectivity index (χ2v) is 13.5. The predicted octanol–water partition coefficient (Wildman–Crippen LogP) is 12.8. The smallest absolute Gasteiger partial charge is 0.418 e. The topological polar surface area (TPSA) is 69.9 Å². The lowest BCUT2D eigenvalue weighted by Gasteiger charge is -2.19. The highest BCUT2D eigenvalue weighted by molar-refractivity contribution is 6.20. The zero-order valence-electron chi connectivity index (χ0n) is 28.7. The fraction of sp³-hybridized carbons (Fsp3) is 0.0217. The molecule has 11 rings (SSSR count). The van der Waals surface area contributed by atoms with Gasteiger partial charge in [-0.25, -0.2) is 15.0 Å². The van der Waals surface area contributed by atoms with Gasteiger partial charge in [-0.15, -0.1) is 0 Å². The van der Waals surface area contributed by atoms with Crippen LogP contribution in [0.4, 0.5) is 13.2 Å². The predicted molar refractivity (Wildman–Crippen MR) is 210 cm³/mol. The van der Waals surface area contributed by atoms with Crippen molar-refractivity contribution in [1.82, 2.24) is 19.5 Å². The van der Waals surface area contributed by atoms with Crippen LogP contribution in [-0.4, -0.2) is 19.5 Å². The molecule has 0 bridgehead atoms. The normalized spacial score (nSPS) is 12.3. The Morgan fingerprint density at radius 3 is 1.69 bits per heavy atom. The first-order chi connectivity index (χ1) is 26.9. The van der Waals surface area contributed by atoms with Crippen LogP contribution in [0.15, 0.2) is 160 Å². The van der Waals surface area contributed by atoms with Crippen molar-refractivity contribution in [1.29, 1.82) is 0 Å². The lowest BCUT2D eigenvalue weighted by atomic mass is 9.99. The first-order valence-corrected chi connectivity index (χ1v) is 17.7. The standard InChI is InChI=1S/C46H25F3N4O2/c47-46(48,49)34-24-33(45-51-43(26-13-3-1-4-14-26)50-44(52-45)27-15-5-2-6-16-27)42-40(30-19-9-12-22-38(30)55-42)41(34)53-35-20-10-7-17-28(35)31-23-32-29-18-8-11-21-37(29)54-39(32)25-36(31)53/h1-25H. The van der Waals surface area contributed by atoms with Crippen LogP contribution in [0.5, 0.6) is 0 Å². The largest absolute Gasteiger partial charge is 0.456 e. The van der Waals surface area contributed by atoms with Crippen molar-refractivity contribution in [3.05, 3.63) is 157 Å². The Morgan fingerprint density at radius 1 is 0.455 bits per heavy atom. The number of aromatic nitrogens is 4. The van der Waals surface area contributed by atoms with Crippen molar-refractivity contribution in [2.24, 2.45) is 0 Å². The van der Waals surface area contributed by atoms with Gasteiger partial charge in [-0.3, -0.25) is 0 Å². The molecule has 0 aliphatic carbocycles. The molecule has 11 aromatic rings. The number of para-hydroxylation sites is 3. The van der Waals surface area contributed by atoms with E-state index in [1.807, 2.05) is 121 Å². The van der Waals surface area contributed by atoms with Gasteiger partial charge < -0.3 is 13.4 Å². The zero-order valence-corrected chi connectivity index (χ0v) is 28.7. The van der Waals surface area contributed by atoms with Crippen molar-refractivity contribution >= 4 is 65.7 Å². The SMILES string of the molecule is FC(F)(F)c1cc(-c2nc(-c3ccccc3)nc(-c3ccccc3)n2)c2oc3ccccc3c2c1-n1c2ccccc2c2cc3c(cc21)oc1ccccc13. The Morgan fingerprint density at radius 2 is 1.02 bits per heavy atom. The molecule has 0 saturated carbocycles. The van der Waals surface area contributed by atoms with Crippen molar-refractivity contribution in [2.45, 2.75) is 6.18 Å². The van der Waals surface area contributed by atoms with Gasteiger partial charge in [-0.1, -0.05) is 115 Å². The summed E-state index contributed by atoms with van der Waals surface area (Å²) < 4.78 is 62.4. The molecule has 4 heterocycles. The molecule has 262 valence electrons. The van der Waals surface area contributed by atoms with Crippen LogP contribution < -0.4 is 0 Å². The highest BCUT2D eigenvalue weighted by Gasteiger charge is 2.39. The monoisotopic (exact) mass is 722 g/mol. The summed E-state index contributed by atoms with van der Waals surface area (Å²) in [6.45, 7) is 0. The number of nitrogens with zero attached hydrogens (tertiary/aromatic N) is 4. The van der Waals surface area contributed by atoms with Gasteiger partial charge in [0.15, 0.2) is 17.5 Å².